The number of aryl methyl sites for hydroxylation is 1. The molecule has 0 amide bonds. The molecule has 3 aromatic rings. The Bertz CT molecular complexity index is 1130. The normalized spacial score (nSPS) is 16.0. The molecule has 0 spiro atoms. The van der Waals surface area contributed by atoms with Gasteiger partial charge in [-0.3, -0.25) is 4.57 Å². The average molecular weight is 448 g/mol. The summed E-state index contributed by atoms with van der Waals surface area (Å²) in [6, 6.07) is 7.29. The van der Waals surface area contributed by atoms with Crippen LogP contribution in [0.15, 0.2) is 29.3 Å². The molecule has 0 radical (unpaired) electrons. The fourth-order valence-corrected chi connectivity index (χ4v) is 4.73. The number of fused-ring (bicyclic) bond motifs is 2. The maximum absolute atomic E-state index is 12.8. The number of carbonyl (C=O) groups excluding carboxylic acids is 1. The first-order chi connectivity index (χ1) is 14.9. The van der Waals surface area contributed by atoms with Crippen LogP contribution in [0.5, 0.6) is 0 Å². The first-order valence-electron chi connectivity index (χ1n) is 9.99. The van der Waals surface area contributed by atoms with E-state index in [1.54, 1.807) is 12.1 Å². The van der Waals surface area contributed by atoms with Crippen LogP contribution in [-0.2, 0) is 15.9 Å². The Labute approximate surface area is 183 Å². The number of alkyl halides is 2. The number of nitrogens with zero attached hydrogens (tertiary/aromatic N) is 3. The number of ether oxygens (including phenoxy) is 2. The summed E-state index contributed by atoms with van der Waals surface area (Å²) in [7, 11) is 1.35. The summed E-state index contributed by atoms with van der Waals surface area (Å²) >= 11 is 1.50. The highest BCUT2D eigenvalue weighted by molar-refractivity contribution is 7.98. The lowest BCUT2D eigenvalue weighted by Crippen LogP contribution is -2.20. The molecule has 6 nitrogen and oxygen atoms in total. The van der Waals surface area contributed by atoms with Crippen molar-refractivity contribution in [3.8, 4) is 5.95 Å². The van der Waals surface area contributed by atoms with Crippen molar-refractivity contribution >= 4 is 28.6 Å². The highest BCUT2D eigenvalue weighted by Crippen LogP contribution is 2.37. The minimum absolute atomic E-state index is 0.417. The number of methoxy groups -OCH3 is 1. The lowest BCUT2D eigenvalue weighted by atomic mass is 9.95. The quantitative estimate of drug-likeness (QED) is 0.304. The van der Waals surface area contributed by atoms with Crippen LogP contribution in [0.3, 0.4) is 0 Å². The fourth-order valence-electron chi connectivity index (χ4n) is 4.11. The maximum Gasteiger partial charge on any atom is 0.338 e. The van der Waals surface area contributed by atoms with E-state index in [1.807, 2.05) is 29.9 Å². The second kappa shape index (κ2) is 8.92. The standard InChI is InChI=1S/C22H23F2N3O3S/c1-12-10-15-13(21(28)29-2)6-4-8-16(15)27(12)22-25-19-14(20(26-22)31-3)7-5-9-17(19)30-11-18(23)24/h4,6,8,10,17-18H,5,7,9,11H2,1-3H3. The molecule has 2 aromatic heterocycles. The van der Waals surface area contributed by atoms with Crippen molar-refractivity contribution in [1.82, 2.24) is 14.5 Å². The summed E-state index contributed by atoms with van der Waals surface area (Å²) in [6.07, 6.45) is 1.19. The number of benzene rings is 1. The minimum Gasteiger partial charge on any atom is -0.465 e. The van der Waals surface area contributed by atoms with Gasteiger partial charge < -0.3 is 9.47 Å². The molecule has 1 unspecified atom stereocenters. The third-order valence-corrected chi connectivity index (χ3v) is 6.16. The van der Waals surface area contributed by atoms with E-state index in [9.17, 15) is 13.6 Å². The molecule has 0 bridgehead atoms. The van der Waals surface area contributed by atoms with Gasteiger partial charge in [0.1, 0.15) is 17.7 Å². The van der Waals surface area contributed by atoms with Crippen molar-refractivity contribution in [3.05, 3.63) is 46.8 Å². The van der Waals surface area contributed by atoms with E-state index >= 15 is 0 Å². The van der Waals surface area contributed by atoms with Gasteiger partial charge in [0.15, 0.2) is 0 Å². The molecule has 0 saturated carbocycles. The summed E-state index contributed by atoms with van der Waals surface area (Å²) < 4.78 is 37.8. The summed E-state index contributed by atoms with van der Waals surface area (Å²) in [5.41, 5.74) is 3.72. The number of halogens is 2. The van der Waals surface area contributed by atoms with Crippen LogP contribution in [0.2, 0.25) is 0 Å². The Morgan fingerprint density at radius 1 is 1.35 bits per heavy atom. The van der Waals surface area contributed by atoms with E-state index in [4.69, 9.17) is 19.4 Å². The van der Waals surface area contributed by atoms with Crippen LogP contribution in [-0.4, -0.2) is 46.9 Å². The largest absolute Gasteiger partial charge is 0.465 e. The Kier molecular flexibility index (Phi) is 6.24. The van der Waals surface area contributed by atoms with Crippen molar-refractivity contribution in [2.24, 2.45) is 0 Å². The number of esters is 1. The van der Waals surface area contributed by atoms with Crippen LogP contribution in [0, 0.1) is 6.92 Å². The number of hydrogen-bond acceptors (Lipinski definition) is 6. The first kappa shape index (κ1) is 21.7. The number of thioether (sulfide) groups is 1. The summed E-state index contributed by atoms with van der Waals surface area (Å²) in [6.45, 7) is 1.29. The summed E-state index contributed by atoms with van der Waals surface area (Å²) in [4.78, 5) is 21.8. The highest BCUT2D eigenvalue weighted by atomic mass is 32.2. The number of rotatable bonds is 6. The summed E-state index contributed by atoms with van der Waals surface area (Å²) in [5, 5.41) is 1.56. The molecular formula is C22H23F2N3O3S. The zero-order valence-corrected chi connectivity index (χ0v) is 18.3. The Hall–Kier alpha value is -2.52. The lowest BCUT2D eigenvalue weighted by molar-refractivity contribution is -0.0332. The third-order valence-electron chi connectivity index (χ3n) is 5.44. The van der Waals surface area contributed by atoms with Crippen LogP contribution < -0.4 is 0 Å². The van der Waals surface area contributed by atoms with Gasteiger partial charge in [0.25, 0.3) is 6.43 Å². The van der Waals surface area contributed by atoms with E-state index < -0.39 is 25.1 Å². The van der Waals surface area contributed by atoms with Crippen molar-refractivity contribution in [2.45, 2.75) is 43.7 Å². The van der Waals surface area contributed by atoms with Gasteiger partial charge in [-0.1, -0.05) is 6.07 Å². The molecule has 1 aliphatic rings. The molecule has 31 heavy (non-hydrogen) atoms. The predicted octanol–water partition coefficient (Wildman–Crippen LogP) is 4.90. The second-order valence-electron chi connectivity index (χ2n) is 7.35. The molecule has 4 rings (SSSR count). The van der Waals surface area contributed by atoms with Gasteiger partial charge in [-0.15, -0.1) is 11.8 Å². The van der Waals surface area contributed by atoms with E-state index in [1.165, 1.54) is 18.9 Å². The van der Waals surface area contributed by atoms with E-state index in [-0.39, 0.29) is 0 Å². The van der Waals surface area contributed by atoms with Gasteiger partial charge in [-0.2, -0.15) is 0 Å². The van der Waals surface area contributed by atoms with Crippen molar-refractivity contribution in [1.29, 1.82) is 0 Å². The molecule has 0 aliphatic heterocycles. The maximum atomic E-state index is 12.8. The van der Waals surface area contributed by atoms with Gasteiger partial charge in [-0.25, -0.2) is 23.5 Å². The van der Waals surface area contributed by atoms with Gasteiger partial charge in [0.2, 0.25) is 5.95 Å². The molecule has 0 saturated heterocycles. The molecular weight excluding hydrogens is 424 g/mol. The smallest absolute Gasteiger partial charge is 0.338 e. The van der Waals surface area contributed by atoms with Crippen molar-refractivity contribution in [2.75, 3.05) is 20.0 Å². The number of carbonyl (C=O) groups is 1. The van der Waals surface area contributed by atoms with E-state index in [0.717, 1.165) is 40.0 Å². The van der Waals surface area contributed by atoms with Crippen molar-refractivity contribution < 1.29 is 23.0 Å². The highest BCUT2D eigenvalue weighted by Gasteiger charge is 2.28. The van der Waals surface area contributed by atoms with Crippen LogP contribution >= 0.6 is 11.8 Å². The number of aromatic nitrogens is 3. The molecule has 0 N–H and O–H groups in total. The van der Waals surface area contributed by atoms with E-state index in [2.05, 4.69) is 0 Å². The van der Waals surface area contributed by atoms with Gasteiger partial charge in [0, 0.05) is 16.6 Å². The Morgan fingerprint density at radius 2 is 2.16 bits per heavy atom. The van der Waals surface area contributed by atoms with Crippen LogP contribution in [0.1, 0.15) is 46.3 Å². The van der Waals surface area contributed by atoms with Gasteiger partial charge in [-0.05, 0) is 50.6 Å². The lowest BCUT2D eigenvalue weighted by Gasteiger charge is -2.26. The zero-order chi connectivity index (χ0) is 22.1. The topological polar surface area (TPSA) is 66.2 Å². The number of hydrogen-bond donors (Lipinski definition) is 0. The van der Waals surface area contributed by atoms with Crippen LogP contribution in [0.4, 0.5) is 8.78 Å². The third kappa shape index (κ3) is 4.04. The fraction of sp³-hybridized carbons (Fsp3) is 0.409. The van der Waals surface area contributed by atoms with E-state index in [0.29, 0.717) is 23.6 Å². The monoisotopic (exact) mass is 447 g/mol. The summed E-state index contributed by atoms with van der Waals surface area (Å²) in [5.74, 6) is 0.0181. The SMILES string of the molecule is COC(=O)c1cccc2c1cc(C)n2-c1nc(SC)c2c(n1)C(OCC(F)F)CCC2. The predicted molar refractivity (Wildman–Crippen MR) is 114 cm³/mol. The molecule has 9 heteroatoms. The minimum atomic E-state index is -2.53. The zero-order valence-electron chi connectivity index (χ0n) is 17.5. The molecule has 1 aliphatic carbocycles. The Balaban J connectivity index is 1.88. The van der Waals surface area contributed by atoms with Gasteiger partial charge >= 0.3 is 5.97 Å². The first-order valence-corrected chi connectivity index (χ1v) is 11.2. The molecule has 1 aromatic carbocycles. The Morgan fingerprint density at radius 3 is 2.87 bits per heavy atom. The molecule has 2 heterocycles. The van der Waals surface area contributed by atoms with Crippen LogP contribution in [0.25, 0.3) is 16.9 Å². The van der Waals surface area contributed by atoms with Crippen molar-refractivity contribution in [3.63, 3.8) is 0 Å². The average Bonchev–Trinajstić information content (AvgIpc) is 3.11. The molecule has 0 fully saturated rings. The van der Waals surface area contributed by atoms with Gasteiger partial charge in [0.05, 0.1) is 23.9 Å². The second-order valence-corrected chi connectivity index (χ2v) is 8.15. The molecule has 1 atom stereocenters. The molecule has 164 valence electrons.